The van der Waals surface area contributed by atoms with E-state index in [4.69, 9.17) is 16.6 Å². The number of carboxylic acid groups (broad SMARTS) is 1. The molecule has 0 spiro atoms. The third kappa shape index (κ3) is 13.4. The second-order valence-corrected chi connectivity index (χ2v) is 6.76. The van der Waals surface area contributed by atoms with Gasteiger partial charge in [-0.3, -0.25) is 24.0 Å². The van der Waals surface area contributed by atoms with E-state index in [9.17, 15) is 24.0 Å². The van der Waals surface area contributed by atoms with Gasteiger partial charge in [0.25, 0.3) is 0 Å². The molecule has 0 saturated heterocycles. The van der Waals surface area contributed by atoms with E-state index in [0.29, 0.717) is 32.2 Å². The van der Waals surface area contributed by atoms with E-state index >= 15 is 0 Å². The molecule has 0 heterocycles. The molecule has 12 heteroatoms. The van der Waals surface area contributed by atoms with Crippen molar-refractivity contribution >= 4 is 29.6 Å². The van der Waals surface area contributed by atoms with Gasteiger partial charge in [0, 0.05) is 0 Å². The summed E-state index contributed by atoms with van der Waals surface area (Å²) in [5.41, 5.74) is 11.3. The van der Waals surface area contributed by atoms with E-state index in [1.165, 1.54) is 0 Å². The highest BCUT2D eigenvalue weighted by molar-refractivity contribution is 5.92. The van der Waals surface area contributed by atoms with Gasteiger partial charge in [-0.25, -0.2) is 0 Å². The second-order valence-electron chi connectivity index (χ2n) is 6.76. The molecular formula is C18H34N6O6. The van der Waals surface area contributed by atoms with Crippen molar-refractivity contribution in [1.29, 1.82) is 0 Å². The van der Waals surface area contributed by atoms with Crippen molar-refractivity contribution in [2.75, 3.05) is 26.2 Å². The number of carbonyl (C=O) groups is 5. The summed E-state index contributed by atoms with van der Waals surface area (Å²) in [7, 11) is 0. The van der Waals surface area contributed by atoms with Gasteiger partial charge >= 0.3 is 5.97 Å². The number of amides is 4. The minimum Gasteiger partial charge on any atom is -0.480 e. The Kier molecular flexibility index (Phi) is 14.6. The number of aliphatic carboxylic acids is 1. The lowest BCUT2D eigenvalue weighted by molar-refractivity contribution is -0.137. The first-order valence-electron chi connectivity index (χ1n) is 10.00. The summed E-state index contributed by atoms with van der Waals surface area (Å²) in [6, 6.07) is -1.58. The lowest BCUT2D eigenvalue weighted by atomic mass is 10.1. The zero-order valence-corrected chi connectivity index (χ0v) is 17.4. The van der Waals surface area contributed by atoms with Gasteiger partial charge in [0.05, 0.1) is 19.1 Å². The van der Waals surface area contributed by atoms with Gasteiger partial charge in [0.1, 0.15) is 12.6 Å². The topological polar surface area (TPSA) is 206 Å². The van der Waals surface area contributed by atoms with Crippen molar-refractivity contribution in [1.82, 2.24) is 21.3 Å². The number of hydrogen-bond acceptors (Lipinski definition) is 7. The number of carbonyl (C=O) groups excluding carboxylic acids is 4. The minimum atomic E-state index is -1.21. The monoisotopic (exact) mass is 430 g/mol. The third-order valence-corrected chi connectivity index (χ3v) is 4.09. The van der Waals surface area contributed by atoms with Crippen LogP contribution in [-0.4, -0.2) is 73.0 Å². The van der Waals surface area contributed by atoms with Crippen molar-refractivity contribution in [3.63, 3.8) is 0 Å². The maximum atomic E-state index is 12.4. The number of nitrogens with two attached hydrogens (primary N) is 2. The summed E-state index contributed by atoms with van der Waals surface area (Å²) < 4.78 is 0. The fraction of sp³-hybridized carbons (Fsp3) is 0.722. The first kappa shape index (κ1) is 27.3. The van der Waals surface area contributed by atoms with Gasteiger partial charge in [-0.05, 0) is 32.2 Å². The maximum Gasteiger partial charge on any atom is 0.322 e. The van der Waals surface area contributed by atoms with Gasteiger partial charge in [-0.15, -0.1) is 0 Å². The molecule has 172 valence electrons. The molecule has 0 aromatic rings. The van der Waals surface area contributed by atoms with Crippen molar-refractivity contribution in [3.05, 3.63) is 0 Å². The summed E-state index contributed by atoms with van der Waals surface area (Å²) in [6.45, 7) is 1.04. The van der Waals surface area contributed by atoms with Crippen LogP contribution in [0.15, 0.2) is 0 Å². The highest BCUT2D eigenvalue weighted by Crippen LogP contribution is 2.03. The lowest BCUT2D eigenvalue weighted by Gasteiger charge is -2.20. The van der Waals surface area contributed by atoms with Crippen molar-refractivity contribution in [2.45, 2.75) is 57.5 Å². The molecule has 12 nitrogen and oxygen atoms in total. The summed E-state index contributed by atoms with van der Waals surface area (Å²) in [6.07, 6.45) is 3.81. The number of rotatable bonds is 16. The normalized spacial score (nSPS) is 12.4. The fourth-order valence-corrected chi connectivity index (χ4v) is 2.36. The van der Waals surface area contributed by atoms with E-state index in [1.54, 1.807) is 0 Å². The van der Waals surface area contributed by atoms with Crippen molar-refractivity contribution < 1.29 is 29.1 Å². The van der Waals surface area contributed by atoms with Crippen LogP contribution in [0.1, 0.15) is 45.4 Å². The summed E-state index contributed by atoms with van der Waals surface area (Å²) >= 11 is 0. The predicted octanol–water partition coefficient (Wildman–Crippen LogP) is -2.45. The smallest absolute Gasteiger partial charge is 0.322 e. The average Bonchev–Trinajstić information content (AvgIpc) is 2.71. The maximum absolute atomic E-state index is 12.4. The Bertz CT molecular complexity index is 586. The molecule has 0 saturated carbocycles. The van der Waals surface area contributed by atoms with Crippen LogP contribution in [0.5, 0.6) is 0 Å². The molecule has 2 atom stereocenters. The molecule has 0 bridgehead atoms. The van der Waals surface area contributed by atoms with Crippen molar-refractivity contribution in [3.8, 4) is 0 Å². The molecule has 30 heavy (non-hydrogen) atoms. The highest BCUT2D eigenvalue weighted by atomic mass is 16.4. The van der Waals surface area contributed by atoms with Gasteiger partial charge in [0.2, 0.25) is 23.6 Å². The zero-order chi connectivity index (χ0) is 22.9. The molecular weight excluding hydrogens is 396 g/mol. The summed E-state index contributed by atoms with van der Waals surface area (Å²) in [4.78, 5) is 58.1. The van der Waals surface area contributed by atoms with Gasteiger partial charge in [0.15, 0.2) is 0 Å². The molecule has 0 aliphatic carbocycles. The van der Waals surface area contributed by atoms with E-state index in [1.807, 2.05) is 6.92 Å². The molecule has 0 fully saturated rings. The summed E-state index contributed by atoms with van der Waals surface area (Å²) in [5, 5.41) is 17.8. The first-order chi connectivity index (χ1) is 14.2. The largest absolute Gasteiger partial charge is 0.480 e. The van der Waals surface area contributed by atoms with Crippen molar-refractivity contribution in [2.24, 2.45) is 11.5 Å². The zero-order valence-electron chi connectivity index (χ0n) is 17.4. The Balaban J connectivity index is 4.54. The predicted molar refractivity (Wildman–Crippen MR) is 109 cm³/mol. The van der Waals surface area contributed by atoms with Crippen LogP contribution in [0.4, 0.5) is 0 Å². The van der Waals surface area contributed by atoms with E-state index in [2.05, 4.69) is 21.3 Å². The molecule has 0 aliphatic rings. The Morgan fingerprint density at radius 1 is 0.833 bits per heavy atom. The van der Waals surface area contributed by atoms with Gasteiger partial charge in [-0.2, -0.15) is 0 Å². The fourth-order valence-electron chi connectivity index (χ4n) is 2.36. The molecule has 0 unspecified atom stereocenters. The van der Waals surface area contributed by atoms with Crippen LogP contribution in [-0.2, 0) is 24.0 Å². The van der Waals surface area contributed by atoms with Gasteiger partial charge in [-0.1, -0.05) is 19.8 Å². The average molecular weight is 431 g/mol. The molecule has 0 aromatic heterocycles. The summed E-state index contributed by atoms with van der Waals surface area (Å²) in [5.74, 6) is -3.51. The molecule has 4 amide bonds. The Morgan fingerprint density at radius 3 is 2.00 bits per heavy atom. The second kappa shape index (κ2) is 16.1. The van der Waals surface area contributed by atoms with E-state index < -0.39 is 61.3 Å². The number of unbranched alkanes of at least 4 members (excludes halogenated alkanes) is 2. The SMILES string of the molecule is CCCC[C@H](N)C(=O)N[C@@H](CCCCN)C(=O)NCC(=O)NCC(=O)NCC(=O)O. The van der Waals surface area contributed by atoms with Crippen LogP contribution >= 0.6 is 0 Å². The quantitative estimate of drug-likeness (QED) is 0.130. The molecule has 9 N–H and O–H groups in total. The van der Waals surface area contributed by atoms with Crippen LogP contribution in [0.2, 0.25) is 0 Å². The Morgan fingerprint density at radius 2 is 1.43 bits per heavy atom. The molecule has 0 aliphatic heterocycles. The van der Waals surface area contributed by atoms with Crippen LogP contribution in [0.25, 0.3) is 0 Å². The Labute approximate surface area is 175 Å². The highest BCUT2D eigenvalue weighted by Gasteiger charge is 2.23. The Hall–Kier alpha value is -2.73. The number of nitrogens with one attached hydrogen (secondary N) is 4. The molecule has 0 rings (SSSR count). The first-order valence-corrected chi connectivity index (χ1v) is 10.00. The standard InChI is InChI=1S/C18H34N6O6/c1-2-3-6-12(20)17(29)24-13(7-4-5-8-19)18(30)23-10-15(26)21-9-14(25)22-11-16(27)28/h12-13H,2-11,19-20H2,1H3,(H,21,26)(H,22,25)(H,23,30)(H,24,29)(H,27,28)/t12-,13-/m0/s1. The van der Waals surface area contributed by atoms with Crippen LogP contribution in [0, 0.1) is 0 Å². The molecule has 0 radical (unpaired) electrons. The van der Waals surface area contributed by atoms with Crippen LogP contribution in [0.3, 0.4) is 0 Å². The van der Waals surface area contributed by atoms with Gasteiger partial charge < -0.3 is 37.8 Å². The van der Waals surface area contributed by atoms with Crippen LogP contribution < -0.4 is 32.7 Å². The molecule has 0 aromatic carbocycles. The number of carboxylic acids is 1. The lowest BCUT2D eigenvalue weighted by Crippen LogP contribution is -2.53. The third-order valence-electron chi connectivity index (χ3n) is 4.09. The number of hydrogen-bond donors (Lipinski definition) is 7. The van der Waals surface area contributed by atoms with E-state index in [-0.39, 0.29) is 0 Å². The van der Waals surface area contributed by atoms with E-state index in [0.717, 1.165) is 12.8 Å². The minimum absolute atomic E-state index is 0.342.